The molecule has 2 N–H and O–H groups in total. The summed E-state index contributed by atoms with van der Waals surface area (Å²) in [6.07, 6.45) is -4.17. The van der Waals surface area contributed by atoms with Crippen molar-refractivity contribution < 1.29 is 27.9 Å². The van der Waals surface area contributed by atoms with Crippen molar-refractivity contribution in [2.75, 3.05) is 0 Å². The number of hydrogen-bond acceptors (Lipinski definition) is 5. The zero-order chi connectivity index (χ0) is 17.2. The second kappa shape index (κ2) is 6.67. The molecule has 10 heteroatoms. The number of thiazole rings is 1. The molecule has 0 aliphatic heterocycles. The van der Waals surface area contributed by atoms with Gasteiger partial charge >= 0.3 is 12.1 Å². The Morgan fingerprint density at radius 1 is 1.35 bits per heavy atom. The molecule has 124 valence electrons. The normalized spacial score (nSPS) is 12.9. The van der Waals surface area contributed by atoms with E-state index in [1.165, 1.54) is 12.1 Å². The highest BCUT2D eigenvalue weighted by molar-refractivity contribution is 7.15. The zero-order valence-corrected chi connectivity index (χ0v) is 13.3. The van der Waals surface area contributed by atoms with Crippen LogP contribution in [0.5, 0.6) is 0 Å². The van der Waals surface area contributed by atoms with Crippen LogP contribution in [-0.4, -0.2) is 22.0 Å². The van der Waals surface area contributed by atoms with Crippen molar-refractivity contribution in [3.05, 3.63) is 38.0 Å². The van der Waals surface area contributed by atoms with Gasteiger partial charge in [-0.05, 0) is 18.6 Å². The fraction of sp³-hybridized carbons (Fsp3) is 0.308. The lowest BCUT2D eigenvalue weighted by molar-refractivity contribution is -0.140. The summed E-state index contributed by atoms with van der Waals surface area (Å²) in [6.45, 7) is 1.71. The number of carbonyl (C=O) groups excluding carboxylic acids is 1. The minimum Gasteiger partial charge on any atom is -0.477 e. The maximum Gasteiger partial charge on any atom is 0.434 e. The van der Waals surface area contributed by atoms with Crippen LogP contribution < -0.4 is 5.32 Å². The van der Waals surface area contributed by atoms with E-state index in [9.17, 15) is 22.8 Å². The molecular formula is C13H11F3N2O3S2. The molecular weight excluding hydrogens is 353 g/mol. The summed E-state index contributed by atoms with van der Waals surface area (Å²) in [5.74, 6) is -1.69. The van der Waals surface area contributed by atoms with E-state index in [4.69, 9.17) is 5.11 Å². The van der Waals surface area contributed by atoms with Crippen molar-refractivity contribution in [3.8, 4) is 0 Å². The van der Waals surface area contributed by atoms with Crippen molar-refractivity contribution in [1.29, 1.82) is 0 Å². The highest BCUT2D eigenvalue weighted by Gasteiger charge is 2.34. The number of nitrogens with one attached hydrogen (secondary N) is 1. The van der Waals surface area contributed by atoms with Crippen LogP contribution in [0, 0.1) is 0 Å². The molecule has 1 atom stereocenters. The van der Waals surface area contributed by atoms with Gasteiger partial charge < -0.3 is 10.4 Å². The first-order valence-electron chi connectivity index (χ1n) is 6.39. The third-order valence-corrected chi connectivity index (χ3v) is 4.90. The van der Waals surface area contributed by atoms with E-state index in [-0.39, 0.29) is 14.8 Å². The van der Waals surface area contributed by atoms with E-state index in [0.29, 0.717) is 6.42 Å². The maximum absolute atomic E-state index is 12.6. The number of carbonyl (C=O) groups is 2. The minimum absolute atomic E-state index is 0.0109. The van der Waals surface area contributed by atoms with Gasteiger partial charge in [-0.25, -0.2) is 9.78 Å². The highest BCUT2D eigenvalue weighted by atomic mass is 32.1. The lowest BCUT2D eigenvalue weighted by Crippen LogP contribution is -2.27. The molecule has 0 radical (unpaired) electrons. The molecule has 0 aliphatic carbocycles. The van der Waals surface area contributed by atoms with Gasteiger partial charge in [0.15, 0.2) is 5.69 Å². The van der Waals surface area contributed by atoms with Crippen molar-refractivity contribution in [2.24, 2.45) is 0 Å². The van der Waals surface area contributed by atoms with Crippen LogP contribution >= 0.6 is 22.7 Å². The van der Waals surface area contributed by atoms with E-state index in [1.807, 2.05) is 0 Å². The number of alkyl halides is 3. The molecule has 1 amide bonds. The molecule has 0 fully saturated rings. The Morgan fingerprint density at radius 3 is 2.48 bits per heavy atom. The molecule has 0 aromatic carbocycles. The summed E-state index contributed by atoms with van der Waals surface area (Å²) in [5, 5.41) is 12.5. The molecule has 0 aliphatic rings. The van der Waals surface area contributed by atoms with Gasteiger partial charge in [0.25, 0.3) is 5.91 Å². The second-order valence-electron chi connectivity index (χ2n) is 4.47. The quantitative estimate of drug-likeness (QED) is 0.846. The van der Waals surface area contributed by atoms with E-state index in [1.54, 1.807) is 6.92 Å². The molecule has 0 spiro atoms. The monoisotopic (exact) mass is 364 g/mol. The maximum atomic E-state index is 12.6. The fourth-order valence-corrected chi connectivity index (χ4v) is 3.43. The average molecular weight is 364 g/mol. The molecule has 1 unspecified atom stereocenters. The first kappa shape index (κ1) is 17.4. The number of aromatic carboxylic acids is 1. The Kier molecular flexibility index (Phi) is 5.05. The average Bonchev–Trinajstić information content (AvgIpc) is 3.12. The summed E-state index contributed by atoms with van der Waals surface area (Å²) in [4.78, 5) is 26.6. The number of rotatable bonds is 5. The smallest absolute Gasteiger partial charge is 0.434 e. The summed E-state index contributed by atoms with van der Waals surface area (Å²) in [6, 6.07) is 1.99. The zero-order valence-electron chi connectivity index (χ0n) is 11.7. The molecule has 0 bridgehead atoms. The second-order valence-corrected chi connectivity index (χ2v) is 6.45. The topological polar surface area (TPSA) is 79.3 Å². The van der Waals surface area contributed by atoms with Crippen LogP contribution in [0.4, 0.5) is 13.2 Å². The van der Waals surface area contributed by atoms with Gasteiger partial charge in [0.1, 0.15) is 9.88 Å². The number of amides is 1. The molecule has 2 rings (SSSR count). The Hall–Kier alpha value is -1.94. The van der Waals surface area contributed by atoms with Gasteiger partial charge in [0, 0.05) is 5.38 Å². The number of nitrogens with zero attached hydrogens (tertiary/aromatic N) is 1. The summed E-state index contributed by atoms with van der Waals surface area (Å²) in [7, 11) is 0. The van der Waals surface area contributed by atoms with Crippen LogP contribution in [0.2, 0.25) is 0 Å². The van der Waals surface area contributed by atoms with Gasteiger partial charge in [-0.2, -0.15) is 13.2 Å². The predicted octanol–water partition coefficient (Wildman–Crippen LogP) is 3.80. The molecule has 0 saturated heterocycles. The molecule has 2 heterocycles. The molecule has 5 nitrogen and oxygen atoms in total. The Labute approximate surface area is 136 Å². The van der Waals surface area contributed by atoms with Gasteiger partial charge in [-0.15, -0.1) is 22.7 Å². The SMILES string of the molecule is CCC(NC(=O)c1ccc(C(=O)O)s1)c1nc(C(F)(F)F)cs1. The number of aromatic nitrogens is 1. The largest absolute Gasteiger partial charge is 0.477 e. The molecule has 2 aromatic rings. The van der Waals surface area contributed by atoms with Gasteiger partial charge in [0.2, 0.25) is 0 Å². The predicted molar refractivity (Wildman–Crippen MR) is 78.9 cm³/mol. The molecule has 0 saturated carbocycles. The van der Waals surface area contributed by atoms with E-state index < -0.39 is 29.8 Å². The molecule has 23 heavy (non-hydrogen) atoms. The number of hydrogen-bond donors (Lipinski definition) is 2. The lowest BCUT2D eigenvalue weighted by atomic mass is 10.2. The summed E-state index contributed by atoms with van der Waals surface area (Å²) >= 11 is 1.62. The number of carboxylic acid groups (broad SMARTS) is 1. The summed E-state index contributed by atoms with van der Waals surface area (Å²) in [5.41, 5.74) is -0.991. The highest BCUT2D eigenvalue weighted by Crippen LogP contribution is 2.32. The lowest BCUT2D eigenvalue weighted by Gasteiger charge is -2.13. The third-order valence-electron chi connectivity index (χ3n) is 2.86. The first-order chi connectivity index (χ1) is 10.7. The van der Waals surface area contributed by atoms with Crippen LogP contribution in [-0.2, 0) is 6.18 Å². The molecule has 2 aromatic heterocycles. The number of carboxylic acids is 1. The van der Waals surface area contributed by atoms with Crippen molar-refractivity contribution in [1.82, 2.24) is 10.3 Å². The minimum atomic E-state index is -4.53. The van der Waals surface area contributed by atoms with E-state index >= 15 is 0 Å². The first-order valence-corrected chi connectivity index (χ1v) is 8.08. The standard InChI is InChI=1S/C13H11F3N2O3S2/c1-2-6(11-18-9(5-22-11)13(14,15)16)17-10(19)7-3-4-8(23-7)12(20)21/h3-6H,2H2,1H3,(H,17,19)(H,20,21). The Morgan fingerprint density at radius 2 is 2.00 bits per heavy atom. The van der Waals surface area contributed by atoms with Gasteiger partial charge in [-0.3, -0.25) is 4.79 Å². The van der Waals surface area contributed by atoms with Crippen molar-refractivity contribution in [3.63, 3.8) is 0 Å². The van der Waals surface area contributed by atoms with Gasteiger partial charge in [-0.1, -0.05) is 6.92 Å². The van der Waals surface area contributed by atoms with E-state index in [0.717, 1.165) is 28.1 Å². The number of thiophene rings is 1. The van der Waals surface area contributed by atoms with Crippen LogP contribution in [0.15, 0.2) is 17.5 Å². The van der Waals surface area contributed by atoms with Gasteiger partial charge in [0.05, 0.1) is 10.9 Å². The summed E-state index contributed by atoms with van der Waals surface area (Å²) < 4.78 is 37.7. The van der Waals surface area contributed by atoms with Crippen LogP contribution in [0.1, 0.15) is 49.4 Å². The third kappa shape index (κ3) is 4.08. The fourth-order valence-electron chi connectivity index (χ4n) is 1.72. The van der Waals surface area contributed by atoms with E-state index in [2.05, 4.69) is 10.3 Å². The van der Waals surface area contributed by atoms with Crippen LogP contribution in [0.3, 0.4) is 0 Å². The Bertz CT molecular complexity index is 724. The number of halogens is 3. The van der Waals surface area contributed by atoms with Crippen molar-refractivity contribution >= 4 is 34.6 Å². The van der Waals surface area contributed by atoms with Crippen molar-refractivity contribution in [2.45, 2.75) is 25.6 Å². The Balaban J connectivity index is 2.13. The van der Waals surface area contributed by atoms with Crippen LogP contribution in [0.25, 0.3) is 0 Å².